The Bertz CT molecular complexity index is 234. The van der Waals surface area contributed by atoms with Crippen molar-refractivity contribution in [3.05, 3.63) is 0 Å². The fourth-order valence-corrected chi connectivity index (χ4v) is 1.12. The highest BCUT2D eigenvalue weighted by Crippen LogP contribution is 1.98. The molecule has 94 valence electrons. The minimum absolute atomic E-state index is 0.121. The second kappa shape index (κ2) is 7.22. The number of carbonyl (C=O) groups excluding carboxylic acids is 2. The van der Waals surface area contributed by atoms with E-state index in [2.05, 4.69) is 10.6 Å². The second-order valence-corrected chi connectivity index (χ2v) is 4.67. The Labute approximate surface area is 96.9 Å². The van der Waals surface area contributed by atoms with Crippen molar-refractivity contribution < 1.29 is 14.3 Å². The highest BCUT2D eigenvalue weighted by molar-refractivity contribution is 5.97. The molecule has 0 aliphatic heterocycles. The first-order chi connectivity index (χ1) is 7.35. The number of hydrogen-bond donors (Lipinski definition) is 2. The molecular formula is C11H22N2O3. The predicted molar refractivity (Wildman–Crippen MR) is 62.0 cm³/mol. The summed E-state index contributed by atoms with van der Waals surface area (Å²) < 4.78 is 4.84. The van der Waals surface area contributed by atoms with Crippen LogP contribution in [0.3, 0.4) is 0 Å². The van der Waals surface area contributed by atoms with Gasteiger partial charge in [0.25, 0.3) is 0 Å². The van der Waals surface area contributed by atoms with E-state index in [0.717, 1.165) is 6.42 Å². The van der Waals surface area contributed by atoms with Crippen LogP contribution in [0.5, 0.6) is 0 Å². The van der Waals surface area contributed by atoms with Crippen LogP contribution in [0, 0.1) is 0 Å². The third kappa shape index (κ3) is 9.45. The first kappa shape index (κ1) is 14.9. The number of methoxy groups -OCH3 is 1. The fourth-order valence-electron chi connectivity index (χ4n) is 1.12. The molecule has 0 rings (SSSR count). The summed E-state index contributed by atoms with van der Waals surface area (Å²) in [7, 11) is 1.61. The smallest absolute Gasteiger partial charge is 0.229 e. The first-order valence-corrected chi connectivity index (χ1v) is 5.42. The second-order valence-electron chi connectivity index (χ2n) is 4.67. The first-order valence-electron chi connectivity index (χ1n) is 5.42. The van der Waals surface area contributed by atoms with E-state index < -0.39 is 0 Å². The molecule has 0 aliphatic rings. The summed E-state index contributed by atoms with van der Waals surface area (Å²) >= 11 is 0. The van der Waals surface area contributed by atoms with Crippen LogP contribution in [-0.4, -0.2) is 37.6 Å². The van der Waals surface area contributed by atoms with Crippen molar-refractivity contribution in [2.75, 3.05) is 20.3 Å². The number of amides is 2. The van der Waals surface area contributed by atoms with E-state index in [0.29, 0.717) is 13.2 Å². The predicted octanol–water partition coefficient (Wildman–Crippen LogP) is 0.444. The van der Waals surface area contributed by atoms with E-state index >= 15 is 0 Å². The highest BCUT2D eigenvalue weighted by Gasteiger charge is 2.15. The van der Waals surface area contributed by atoms with E-state index in [4.69, 9.17) is 4.74 Å². The minimum Gasteiger partial charge on any atom is -0.385 e. The van der Waals surface area contributed by atoms with E-state index in [1.165, 1.54) is 0 Å². The van der Waals surface area contributed by atoms with Crippen LogP contribution in [0.2, 0.25) is 0 Å². The summed E-state index contributed by atoms with van der Waals surface area (Å²) in [6.45, 7) is 6.77. The normalized spacial score (nSPS) is 11.0. The molecule has 5 heteroatoms. The molecule has 0 radical (unpaired) electrons. The Morgan fingerprint density at radius 3 is 2.31 bits per heavy atom. The van der Waals surface area contributed by atoms with Gasteiger partial charge in [-0.2, -0.15) is 0 Å². The van der Waals surface area contributed by atoms with Crippen molar-refractivity contribution in [1.82, 2.24) is 10.6 Å². The molecule has 0 aromatic carbocycles. The van der Waals surface area contributed by atoms with Gasteiger partial charge in [-0.05, 0) is 27.2 Å². The summed E-state index contributed by atoms with van der Waals surface area (Å²) in [6, 6.07) is 0. The van der Waals surface area contributed by atoms with E-state index in [-0.39, 0.29) is 23.8 Å². The minimum atomic E-state index is -0.298. The molecule has 0 saturated heterocycles. The summed E-state index contributed by atoms with van der Waals surface area (Å²) in [5.41, 5.74) is -0.298. The molecular weight excluding hydrogens is 208 g/mol. The van der Waals surface area contributed by atoms with Crippen LogP contribution in [0.25, 0.3) is 0 Å². The SMILES string of the molecule is COCCCNC(=O)CC(=O)NC(C)(C)C. The van der Waals surface area contributed by atoms with E-state index in [1.54, 1.807) is 7.11 Å². The molecule has 0 fully saturated rings. The average Bonchev–Trinajstić information content (AvgIpc) is 2.09. The van der Waals surface area contributed by atoms with Crippen LogP contribution < -0.4 is 10.6 Å². The van der Waals surface area contributed by atoms with Crippen molar-refractivity contribution in [2.45, 2.75) is 39.2 Å². The van der Waals surface area contributed by atoms with Gasteiger partial charge in [-0.15, -0.1) is 0 Å². The molecule has 2 amide bonds. The van der Waals surface area contributed by atoms with Gasteiger partial charge in [-0.1, -0.05) is 0 Å². The van der Waals surface area contributed by atoms with Gasteiger partial charge in [0.2, 0.25) is 11.8 Å². The van der Waals surface area contributed by atoms with Crippen molar-refractivity contribution in [3.8, 4) is 0 Å². The Hall–Kier alpha value is -1.10. The lowest BCUT2D eigenvalue weighted by molar-refractivity contribution is -0.130. The molecule has 0 aliphatic carbocycles. The largest absolute Gasteiger partial charge is 0.385 e. The van der Waals surface area contributed by atoms with E-state index in [1.807, 2.05) is 20.8 Å². The quantitative estimate of drug-likeness (QED) is 0.514. The molecule has 2 N–H and O–H groups in total. The highest BCUT2D eigenvalue weighted by atomic mass is 16.5. The van der Waals surface area contributed by atoms with Crippen molar-refractivity contribution in [1.29, 1.82) is 0 Å². The molecule has 0 spiro atoms. The summed E-state index contributed by atoms with van der Waals surface area (Å²) in [5, 5.41) is 5.38. The van der Waals surface area contributed by atoms with Gasteiger partial charge in [0.15, 0.2) is 0 Å². The van der Waals surface area contributed by atoms with Gasteiger partial charge in [-0.3, -0.25) is 9.59 Å². The van der Waals surface area contributed by atoms with Gasteiger partial charge in [0, 0.05) is 25.8 Å². The van der Waals surface area contributed by atoms with Crippen LogP contribution in [0.1, 0.15) is 33.6 Å². The topological polar surface area (TPSA) is 67.4 Å². The summed E-state index contributed by atoms with van der Waals surface area (Å²) in [6.07, 6.45) is 0.632. The molecule has 0 atom stereocenters. The van der Waals surface area contributed by atoms with Crippen LogP contribution >= 0.6 is 0 Å². The Morgan fingerprint density at radius 1 is 1.19 bits per heavy atom. The Morgan fingerprint density at radius 2 is 1.81 bits per heavy atom. The number of ether oxygens (including phenoxy) is 1. The lowest BCUT2D eigenvalue weighted by Crippen LogP contribution is -2.42. The molecule has 0 bridgehead atoms. The Balaban J connectivity index is 3.67. The average molecular weight is 230 g/mol. The number of nitrogens with one attached hydrogen (secondary N) is 2. The lowest BCUT2D eigenvalue weighted by Gasteiger charge is -2.20. The molecule has 0 aromatic rings. The molecule has 0 heterocycles. The zero-order valence-corrected chi connectivity index (χ0v) is 10.6. The van der Waals surface area contributed by atoms with Crippen LogP contribution in [0.15, 0.2) is 0 Å². The van der Waals surface area contributed by atoms with Gasteiger partial charge >= 0.3 is 0 Å². The van der Waals surface area contributed by atoms with Crippen molar-refractivity contribution in [3.63, 3.8) is 0 Å². The standard InChI is InChI=1S/C11H22N2O3/c1-11(2,3)13-10(15)8-9(14)12-6-5-7-16-4/h5-8H2,1-4H3,(H,12,14)(H,13,15). The molecule has 16 heavy (non-hydrogen) atoms. The maximum absolute atomic E-state index is 11.4. The van der Waals surface area contributed by atoms with Gasteiger partial charge in [0.1, 0.15) is 6.42 Å². The van der Waals surface area contributed by atoms with Crippen molar-refractivity contribution in [2.24, 2.45) is 0 Å². The monoisotopic (exact) mass is 230 g/mol. The zero-order chi connectivity index (χ0) is 12.6. The lowest BCUT2D eigenvalue weighted by atomic mass is 10.1. The van der Waals surface area contributed by atoms with Crippen molar-refractivity contribution >= 4 is 11.8 Å². The van der Waals surface area contributed by atoms with Gasteiger partial charge in [0.05, 0.1) is 0 Å². The Kier molecular flexibility index (Phi) is 6.72. The van der Waals surface area contributed by atoms with Crippen LogP contribution in [-0.2, 0) is 14.3 Å². The molecule has 5 nitrogen and oxygen atoms in total. The number of rotatable bonds is 6. The summed E-state index contributed by atoms with van der Waals surface area (Å²) in [5.74, 6) is -0.505. The third-order valence-electron chi connectivity index (χ3n) is 1.68. The third-order valence-corrected chi connectivity index (χ3v) is 1.68. The van der Waals surface area contributed by atoms with Gasteiger partial charge < -0.3 is 15.4 Å². The molecule has 0 unspecified atom stereocenters. The van der Waals surface area contributed by atoms with E-state index in [9.17, 15) is 9.59 Å². The maximum atomic E-state index is 11.4. The maximum Gasteiger partial charge on any atom is 0.229 e. The van der Waals surface area contributed by atoms with Gasteiger partial charge in [-0.25, -0.2) is 0 Å². The zero-order valence-electron chi connectivity index (χ0n) is 10.6. The number of hydrogen-bond acceptors (Lipinski definition) is 3. The molecule has 0 saturated carbocycles. The molecule has 0 aromatic heterocycles. The fraction of sp³-hybridized carbons (Fsp3) is 0.818. The number of carbonyl (C=O) groups is 2. The van der Waals surface area contributed by atoms with Crippen LogP contribution in [0.4, 0.5) is 0 Å². The summed E-state index contributed by atoms with van der Waals surface area (Å²) in [4.78, 5) is 22.7.